The average molecular weight is 268 g/mol. The van der Waals surface area contributed by atoms with Crippen molar-refractivity contribution in [2.45, 2.75) is 13.8 Å². The van der Waals surface area contributed by atoms with Gasteiger partial charge in [0.25, 0.3) is 0 Å². The van der Waals surface area contributed by atoms with Crippen molar-refractivity contribution in [2.75, 3.05) is 0 Å². The molecular weight excluding hydrogens is 261 g/mol. The van der Waals surface area contributed by atoms with E-state index in [1.165, 1.54) is 0 Å². The summed E-state index contributed by atoms with van der Waals surface area (Å²) in [6.45, 7) is 4.00. The molecule has 6 heavy (non-hydrogen) atoms. The van der Waals surface area contributed by atoms with Crippen LogP contribution in [0.4, 0.5) is 0 Å². The molecule has 3 heteroatoms. The minimum atomic E-state index is -0.250. The summed E-state index contributed by atoms with van der Waals surface area (Å²) >= 11 is 6.25. The van der Waals surface area contributed by atoms with Gasteiger partial charge in [0.15, 0.2) is 0 Å². The van der Waals surface area contributed by atoms with Crippen LogP contribution >= 0.6 is 27.2 Å². The average Bonchev–Trinajstić information content (AvgIpc) is 1.39. The fraction of sp³-hybridized carbons (Fsp3) is 0.667. The van der Waals surface area contributed by atoms with Crippen LogP contribution in [-0.4, -0.2) is 0 Å². The Kier molecular flexibility index (Phi) is 28.1. The van der Waals surface area contributed by atoms with Crippen molar-refractivity contribution in [3.8, 4) is 0 Å². The topological polar surface area (TPSA) is 0 Å². The molecule has 35 valence electrons. The van der Waals surface area contributed by atoms with Gasteiger partial charge in [0.1, 0.15) is 0 Å². The summed E-state index contributed by atoms with van der Waals surface area (Å²) in [7, 11) is 0. The van der Waals surface area contributed by atoms with E-state index in [-0.39, 0.29) is 13.2 Å². The van der Waals surface area contributed by atoms with Gasteiger partial charge in [-0.2, -0.15) is 0 Å². The number of hydrogen-bond acceptors (Lipinski definition) is 0. The maximum atomic E-state index is 3.25. The van der Waals surface area contributed by atoms with Gasteiger partial charge < -0.3 is 0 Å². The Hall–Kier alpha value is 1.58. The molecule has 0 fully saturated rings. The molecule has 0 saturated heterocycles. The Bertz CT molecular complexity index is 10.8. The molecule has 0 unspecified atom stereocenters. The molecule has 0 bridgehead atoms. The van der Waals surface area contributed by atoms with Crippen molar-refractivity contribution in [2.24, 2.45) is 0 Å². The second kappa shape index (κ2) is 16.0. The first kappa shape index (κ1) is 10.5. The molecule has 0 rings (SSSR count). The van der Waals surface area contributed by atoms with Gasteiger partial charge in [-0.15, -0.1) is 0 Å². The summed E-state index contributed by atoms with van der Waals surface area (Å²) in [4.78, 5) is 0. The Morgan fingerprint density at radius 1 is 1.33 bits per heavy atom. The zero-order valence-electron chi connectivity index (χ0n) is 4.04. The number of halogens is 2. The van der Waals surface area contributed by atoms with Gasteiger partial charge >= 0.3 is 40.5 Å². The Morgan fingerprint density at radius 3 is 1.33 bits per heavy atom. The van der Waals surface area contributed by atoms with Crippen molar-refractivity contribution < 1.29 is 13.2 Å². The minimum absolute atomic E-state index is 0.250. The Labute approximate surface area is 60.4 Å². The predicted octanol–water partition coefficient (Wildman–Crippen LogP) is 2.92. The van der Waals surface area contributed by atoms with Gasteiger partial charge in [-0.1, -0.05) is 13.8 Å². The summed E-state index contributed by atoms with van der Waals surface area (Å²) in [5.74, 6) is 0. The van der Waals surface area contributed by atoms with Crippen LogP contribution in [0.3, 0.4) is 0 Å². The van der Waals surface area contributed by atoms with Crippen LogP contribution in [0.25, 0.3) is 0 Å². The summed E-state index contributed by atoms with van der Waals surface area (Å²) in [6.07, 6.45) is 2.00. The van der Waals surface area contributed by atoms with E-state index < -0.39 is 0 Å². The monoisotopic (exact) mass is 265 g/mol. The zero-order chi connectivity index (χ0) is 5.41. The summed E-state index contributed by atoms with van der Waals surface area (Å²) in [5, 5.41) is 0. The zero-order valence-corrected chi connectivity index (χ0v) is 10.2. The number of rotatable bonds is 0. The van der Waals surface area contributed by atoms with Gasteiger partial charge in [0.2, 0.25) is 0 Å². The quantitative estimate of drug-likeness (QED) is 0.593. The van der Waals surface area contributed by atoms with E-state index in [1.54, 1.807) is 0 Å². The van der Waals surface area contributed by atoms with E-state index >= 15 is 0 Å². The van der Waals surface area contributed by atoms with Crippen LogP contribution in [-0.2, 0) is 13.2 Å². The molecule has 0 amide bonds. The van der Waals surface area contributed by atoms with Crippen molar-refractivity contribution >= 4 is 27.2 Å². The van der Waals surface area contributed by atoms with Crippen LogP contribution < -0.4 is 0 Å². The second-order valence-electron chi connectivity index (χ2n) is 0.678. The third-order valence-electron chi connectivity index (χ3n) is 0. The van der Waals surface area contributed by atoms with Crippen LogP contribution in [0.1, 0.15) is 13.8 Å². The molecule has 0 aromatic heterocycles. The third-order valence-corrected chi connectivity index (χ3v) is 0. The molecule has 0 aromatic rings. The fourth-order valence-electron chi connectivity index (χ4n) is 0. The van der Waals surface area contributed by atoms with E-state index in [4.69, 9.17) is 0 Å². The first-order valence-corrected chi connectivity index (χ1v) is 15.6. The maximum absolute atomic E-state index is 3.25. The van der Waals surface area contributed by atoms with Gasteiger partial charge in [-0.3, -0.25) is 0 Å². The Balaban J connectivity index is 0. The van der Waals surface area contributed by atoms with Gasteiger partial charge in [0, 0.05) is 0 Å². The standard InChI is InChI=1S/C3H7.2BrH.Zn/c1-3-2;;;/h3H,1-2H3;2*1H;/q;;;+2/p-2. The molecule has 0 heterocycles. The summed E-state index contributed by atoms with van der Waals surface area (Å²) < 4.78 is 0. The van der Waals surface area contributed by atoms with Crippen LogP contribution in [0.15, 0.2) is 0 Å². The summed E-state index contributed by atoms with van der Waals surface area (Å²) in [5.41, 5.74) is 0. The van der Waals surface area contributed by atoms with Crippen molar-refractivity contribution in [1.82, 2.24) is 0 Å². The fourth-order valence-corrected chi connectivity index (χ4v) is 0. The molecule has 0 atom stereocenters. The van der Waals surface area contributed by atoms with Gasteiger partial charge in [0.05, 0.1) is 0 Å². The van der Waals surface area contributed by atoms with Crippen molar-refractivity contribution in [1.29, 1.82) is 0 Å². The van der Waals surface area contributed by atoms with E-state index in [1.807, 2.05) is 20.3 Å². The van der Waals surface area contributed by atoms with Crippen LogP contribution in [0.2, 0.25) is 0 Å². The molecule has 0 N–H and O–H groups in total. The SMILES string of the molecule is C[CH]C.[Br][Zn][Br]. The third kappa shape index (κ3) is 46.8. The summed E-state index contributed by atoms with van der Waals surface area (Å²) in [6, 6.07) is 0. The van der Waals surface area contributed by atoms with Crippen LogP contribution in [0.5, 0.6) is 0 Å². The first-order valence-electron chi connectivity index (χ1n) is 1.69. The molecule has 0 aromatic carbocycles. The van der Waals surface area contributed by atoms with Gasteiger partial charge in [-0.05, 0) is 6.42 Å². The van der Waals surface area contributed by atoms with E-state index in [0.717, 1.165) is 0 Å². The molecule has 0 aliphatic heterocycles. The van der Waals surface area contributed by atoms with E-state index in [2.05, 4.69) is 27.2 Å². The van der Waals surface area contributed by atoms with Gasteiger partial charge in [-0.25, -0.2) is 0 Å². The first-order chi connectivity index (χ1) is 2.83. The number of hydrogen-bond donors (Lipinski definition) is 0. The van der Waals surface area contributed by atoms with Crippen molar-refractivity contribution in [3.63, 3.8) is 0 Å². The Morgan fingerprint density at radius 2 is 1.33 bits per heavy atom. The van der Waals surface area contributed by atoms with Crippen molar-refractivity contribution in [3.05, 3.63) is 6.42 Å². The molecule has 1 radical (unpaired) electrons. The van der Waals surface area contributed by atoms with E-state index in [0.29, 0.717) is 0 Å². The molecule has 0 spiro atoms. The molecule has 0 aliphatic rings. The molecule has 0 aliphatic carbocycles. The molecule has 0 saturated carbocycles. The van der Waals surface area contributed by atoms with Crippen LogP contribution in [0, 0.1) is 6.42 Å². The normalized spacial score (nSPS) is 4.67. The van der Waals surface area contributed by atoms with E-state index in [9.17, 15) is 0 Å². The molecule has 0 nitrogen and oxygen atoms in total. The molecular formula is C3H7Br2Zn. The second-order valence-corrected chi connectivity index (χ2v) is 14.7. The predicted molar refractivity (Wildman–Crippen MR) is 33.5 cm³/mol.